The number of rotatable bonds is 11. The van der Waals surface area contributed by atoms with Crippen molar-refractivity contribution in [1.29, 1.82) is 0 Å². The minimum Gasteiger partial charge on any atom is -0.354 e. The molecule has 2 amide bonds. The molecule has 0 bridgehead atoms. The third-order valence-corrected chi connectivity index (χ3v) is 6.27. The molecule has 32 heavy (non-hydrogen) atoms. The number of amides is 2. The summed E-state index contributed by atoms with van der Waals surface area (Å²) in [7, 11) is 0. The predicted octanol–water partition coefficient (Wildman–Crippen LogP) is 5.42. The fourth-order valence-corrected chi connectivity index (χ4v) is 4.69. The summed E-state index contributed by atoms with van der Waals surface area (Å²) in [5.74, 6) is 1.44. The van der Waals surface area contributed by atoms with E-state index >= 15 is 0 Å². The smallest absolute Gasteiger partial charge is 0.242 e. The zero-order valence-electron chi connectivity index (χ0n) is 20.4. The first-order chi connectivity index (χ1) is 15.2. The van der Waals surface area contributed by atoms with Gasteiger partial charge in [-0.3, -0.25) is 9.59 Å². The van der Waals surface area contributed by atoms with Crippen molar-refractivity contribution in [3.63, 3.8) is 0 Å². The van der Waals surface area contributed by atoms with Gasteiger partial charge in [-0.15, -0.1) is 11.8 Å². The molecule has 0 aromatic heterocycles. The lowest BCUT2D eigenvalue weighted by Gasteiger charge is -2.31. The molecule has 0 spiro atoms. The highest BCUT2D eigenvalue weighted by molar-refractivity contribution is 7.99. The topological polar surface area (TPSA) is 49.4 Å². The Morgan fingerprint density at radius 1 is 0.969 bits per heavy atom. The highest BCUT2D eigenvalue weighted by atomic mass is 32.2. The Kier molecular flexibility index (Phi) is 10.3. The Balaban J connectivity index is 2.13. The standard InChI is InChI=1S/C27H38N2O2S/c1-7-25(27(31)28-15-19(2)3)29(16-23-10-8-9-20(4)12-23)26(30)18-32-17-24-13-21(5)11-22(6)14-24/h8-14,19,25H,7,15-18H2,1-6H3,(H,28,31)/t25-/m0/s1. The number of nitrogens with zero attached hydrogens (tertiary/aromatic N) is 1. The van der Waals surface area contributed by atoms with Gasteiger partial charge in [0.1, 0.15) is 6.04 Å². The van der Waals surface area contributed by atoms with Crippen LogP contribution < -0.4 is 5.32 Å². The van der Waals surface area contributed by atoms with Gasteiger partial charge in [-0.1, -0.05) is 79.9 Å². The quantitative estimate of drug-likeness (QED) is 0.493. The van der Waals surface area contributed by atoms with Gasteiger partial charge in [0, 0.05) is 18.8 Å². The second-order valence-electron chi connectivity index (χ2n) is 9.06. The van der Waals surface area contributed by atoms with Gasteiger partial charge in [0.05, 0.1) is 5.75 Å². The maximum atomic E-state index is 13.3. The average Bonchev–Trinajstić information content (AvgIpc) is 2.71. The molecule has 0 saturated carbocycles. The number of benzene rings is 2. The lowest BCUT2D eigenvalue weighted by Crippen LogP contribution is -2.50. The van der Waals surface area contributed by atoms with Crippen LogP contribution >= 0.6 is 11.8 Å². The van der Waals surface area contributed by atoms with E-state index in [0.717, 1.165) is 16.9 Å². The summed E-state index contributed by atoms with van der Waals surface area (Å²) in [6.07, 6.45) is 0.587. The number of carbonyl (C=O) groups is 2. The van der Waals surface area contributed by atoms with Gasteiger partial charge in [-0.25, -0.2) is 0 Å². The van der Waals surface area contributed by atoms with Crippen molar-refractivity contribution in [3.05, 3.63) is 70.3 Å². The molecule has 0 heterocycles. The number of aryl methyl sites for hydroxylation is 3. The summed E-state index contributed by atoms with van der Waals surface area (Å²) in [6.45, 7) is 13.4. The summed E-state index contributed by atoms with van der Waals surface area (Å²) < 4.78 is 0. The van der Waals surface area contributed by atoms with Crippen LogP contribution in [0, 0.1) is 26.7 Å². The van der Waals surface area contributed by atoms with Crippen LogP contribution in [-0.4, -0.2) is 35.1 Å². The maximum absolute atomic E-state index is 13.3. The van der Waals surface area contributed by atoms with Gasteiger partial charge in [-0.05, 0) is 44.2 Å². The largest absolute Gasteiger partial charge is 0.354 e. The van der Waals surface area contributed by atoms with Gasteiger partial charge < -0.3 is 10.2 Å². The summed E-state index contributed by atoms with van der Waals surface area (Å²) in [5.41, 5.74) is 5.90. The molecule has 4 nitrogen and oxygen atoms in total. The second-order valence-corrected chi connectivity index (χ2v) is 10.0. The summed E-state index contributed by atoms with van der Waals surface area (Å²) >= 11 is 1.61. The minimum atomic E-state index is -0.469. The van der Waals surface area contributed by atoms with Gasteiger partial charge in [0.25, 0.3) is 0 Å². The Labute approximate surface area is 198 Å². The lowest BCUT2D eigenvalue weighted by molar-refractivity contribution is -0.139. The predicted molar refractivity (Wildman–Crippen MR) is 136 cm³/mol. The molecular weight excluding hydrogens is 416 g/mol. The van der Waals surface area contributed by atoms with Crippen molar-refractivity contribution in [1.82, 2.24) is 10.2 Å². The third-order valence-electron chi connectivity index (χ3n) is 5.28. The molecule has 0 aliphatic heterocycles. The Bertz CT molecular complexity index is 890. The van der Waals surface area contributed by atoms with Crippen LogP contribution in [0.2, 0.25) is 0 Å². The number of hydrogen-bond donors (Lipinski definition) is 1. The van der Waals surface area contributed by atoms with Crippen molar-refractivity contribution >= 4 is 23.6 Å². The van der Waals surface area contributed by atoms with E-state index in [2.05, 4.69) is 57.3 Å². The average molecular weight is 455 g/mol. The van der Waals surface area contributed by atoms with E-state index in [1.54, 1.807) is 16.7 Å². The summed E-state index contributed by atoms with van der Waals surface area (Å²) in [5, 5.41) is 3.02. The van der Waals surface area contributed by atoms with E-state index in [0.29, 0.717) is 31.2 Å². The number of carbonyl (C=O) groups excluding carboxylic acids is 2. The van der Waals surface area contributed by atoms with Crippen molar-refractivity contribution in [2.24, 2.45) is 5.92 Å². The molecule has 5 heteroatoms. The van der Waals surface area contributed by atoms with Crippen LogP contribution in [0.5, 0.6) is 0 Å². The van der Waals surface area contributed by atoms with E-state index in [1.165, 1.54) is 16.7 Å². The molecular formula is C27H38N2O2S. The van der Waals surface area contributed by atoms with E-state index in [9.17, 15) is 9.59 Å². The Hall–Kier alpha value is -2.27. The van der Waals surface area contributed by atoms with Gasteiger partial charge in [0.2, 0.25) is 11.8 Å². The molecule has 0 aliphatic carbocycles. The van der Waals surface area contributed by atoms with Crippen LogP contribution in [0.4, 0.5) is 0 Å². The lowest BCUT2D eigenvalue weighted by atomic mass is 10.1. The van der Waals surface area contributed by atoms with E-state index in [4.69, 9.17) is 0 Å². The molecule has 0 saturated heterocycles. The normalized spacial score (nSPS) is 12.0. The number of hydrogen-bond acceptors (Lipinski definition) is 3. The van der Waals surface area contributed by atoms with E-state index < -0.39 is 6.04 Å². The van der Waals surface area contributed by atoms with Gasteiger partial charge in [0.15, 0.2) is 0 Å². The van der Waals surface area contributed by atoms with Crippen molar-refractivity contribution in [2.75, 3.05) is 12.3 Å². The molecule has 0 radical (unpaired) electrons. The fraction of sp³-hybridized carbons (Fsp3) is 0.481. The minimum absolute atomic E-state index is 0.00688. The van der Waals surface area contributed by atoms with Crippen LogP contribution in [0.1, 0.15) is 55.0 Å². The molecule has 0 fully saturated rings. The van der Waals surface area contributed by atoms with Gasteiger partial charge in [-0.2, -0.15) is 0 Å². The van der Waals surface area contributed by atoms with Crippen molar-refractivity contribution in [3.8, 4) is 0 Å². The van der Waals surface area contributed by atoms with Crippen LogP contribution in [0.3, 0.4) is 0 Å². The summed E-state index contributed by atoms with van der Waals surface area (Å²) in [4.78, 5) is 28.0. The number of thioether (sulfide) groups is 1. The first-order valence-electron chi connectivity index (χ1n) is 11.5. The van der Waals surface area contributed by atoms with Crippen molar-refractivity contribution < 1.29 is 9.59 Å². The molecule has 2 aromatic rings. The Morgan fingerprint density at radius 3 is 2.22 bits per heavy atom. The van der Waals surface area contributed by atoms with E-state index in [-0.39, 0.29) is 11.8 Å². The third kappa shape index (κ3) is 8.34. The zero-order valence-corrected chi connectivity index (χ0v) is 21.2. The highest BCUT2D eigenvalue weighted by Gasteiger charge is 2.28. The molecule has 0 aliphatic rings. The molecule has 1 N–H and O–H groups in total. The summed E-state index contributed by atoms with van der Waals surface area (Å²) in [6, 6.07) is 14.2. The fourth-order valence-electron chi connectivity index (χ4n) is 3.84. The van der Waals surface area contributed by atoms with Crippen LogP contribution in [0.15, 0.2) is 42.5 Å². The van der Waals surface area contributed by atoms with E-state index in [1.807, 2.05) is 32.0 Å². The highest BCUT2D eigenvalue weighted by Crippen LogP contribution is 2.19. The van der Waals surface area contributed by atoms with Gasteiger partial charge >= 0.3 is 0 Å². The molecule has 1 atom stereocenters. The molecule has 2 rings (SSSR count). The molecule has 174 valence electrons. The molecule has 2 aromatic carbocycles. The first-order valence-corrected chi connectivity index (χ1v) is 12.6. The second kappa shape index (κ2) is 12.7. The van der Waals surface area contributed by atoms with Crippen molar-refractivity contribution in [2.45, 2.75) is 66.3 Å². The Morgan fingerprint density at radius 2 is 1.62 bits per heavy atom. The monoisotopic (exact) mass is 454 g/mol. The van der Waals surface area contributed by atoms with Crippen LogP contribution in [0.25, 0.3) is 0 Å². The zero-order chi connectivity index (χ0) is 23.7. The SMILES string of the molecule is CC[C@@H](C(=O)NCC(C)C)N(Cc1cccc(C)c1)C(=O)CSCc1cc(C)cc(C)c1. The first kappa shape index (κ1) is 26.0. The van der Waals surface area contributed by atoms with Crippen LogP contribution in [-0.2, 0) is 21.9 Å². The molecule has 0 unspecified atom stereocenters. The maximum Gasteiger partial charge on any atom is 0.242 e. The number of nitrogens with one attached hydrogen (secondary N) is 1.